The second kappa shape index (κ2) is 9.91. The van der Waals surface area contributed by atoms with Gasteiger partial charge in [-0.25, -0.2) is 9.18 Å². The molecule has 9 heteroatoms. The molecular formula is C19H21FN4O4. The molecule has 0 radical (unpaired) electrons. The summed E-state index contributed by atoms with van der Waals surface area (Å²) in [6, 6.07) is 12.9. The van der Waals surface area contributed by atoms with E-state index in [9.17, 15) is 18.8 Å². The van der Waals surface area contributed by atoms with Crippen LogP contribution in [-0.4, -0.2) is 30.0 Å². The molecule has 28 heavy (non-hydrogen) atoms. The molecule has 2 rings (SSSR count). The Hall–Kier alpha value is -3.62. The summed E-state index contributed by atoms with van der Waals surface area (Å²) in [6.07, 6.45) is -1.05. The predicted octanol–water partition coefficient (Wildman–Crippen LogP) is 1.95. The van der Waals surface area contributed by atoms with Gasteiger partial charge in [0, 0.05) is 5.69 Å². The van der Waals surface area contributed by atoms with Crippen LogP contribution in [0.5, 0.6) is 5.75 Å². The SMILES string of the molecule is C[C@@H](NC(=O)Nc1ccccc1)C(=O)NNC(=O)[C@@H](C)Oc1ccccc1F. The third kappa shape index (κ3) is 6.27. The Kier molecular flexibility index (Phi) is 7.32. The summed E-state index contributed by atoms with van der Waals surface area (Å²) >= 11 is 0. The van der Waals surface area contributed by atoms with Gasteiger partial charge in [-0.3, -0.25) is 20.4 Å². The zero-order valence-electron chi connectivity index (χ0n) is 15.4. The van der Waals surface area contributed by atoms with E-state index in [1.807, 2.05) is 0 Å². The van der Waals surface area contributed by atoms with Crippen LogP contribution in [0.25, 0.3) is 0 Å². The van der Waals surface area contributed by atoms with Crippen molar-refractivity contribution in [2.75, 3.05) is 5.32 Å². The molecule has 4 amide bonds. The van der Waals surface area contributed by atoms with Crippen LogP contribution < -0.4 is 26.2 Å². The molecule has 0 unspecified atom stereocenters. The molecule has 2 aromatic rings. The lowest BCUT2D eigenvalue weighted by Gasteiger charge is -2.18. The molecule has 8 nitrogen and oxygen atoms in total. The van der Waals surface area contributed by atoms with Crippen molar-refractivity contribution in [1.29, 1.82) is 0 Å². The van der Waals surface area contributed by atoms with Gasteiger partial charge in [0.25, 0.3) is 11.8 Å². The molecule has 0 fully saturated rings. The van der Waals surface area contributed by atoms with E-state index in [1.165, 1.54) is 32.0 Å². The second-order valence-corrected chi connectivity index (χ2v) is 5.86. The van der Waals surface area contributed by atoms with Gasteiger partial charge in [-0.2, -0.15) is 0 Å². The van der Waals surface area contributed by atoms with Crippen LogP contribution in [0.3, 0.4) is 0 Å². The fourth-order valence-electron chi connectivity index (χ4n) is 2.07. The van der Waals surface area contributed by atoms with E-state index >= 15 is 0 Å². The number of hydrogen-bond donors (Lipinski definition) is 4. The van der Waals surface area contributed by atoms with Crippen LogP contribution in [0.4, 0.5) is 14.9 Å². The van der Waals surface area contributed by atoms with Gasteiger partial charge in [0.1, 0.15) is 6.04 Å². The predicted molar refractivity (Wildman–Crippen MR) is 101 cm³/mol. The van der Waals surface area contributed by atoms with Crippen LogP contribution in [0, 0.1) is 5.82 Å². The van der Waals surface area contributed by atoms with Gasteiger partial charge in [0.15, 0.2) is 17.7 Å². The van der Waals surface area contributed by atoms with Crippen molar-refractivity contribution >= 4 is 23.5 Å². The number of hydrogen-bond acceptors (Lipinski definition) is 4. The molecule has 148 valence electrons. The molecule has 0 aliphatic rings. The minimum absolute atomic E-state index is 0.0795. The van der Waals surface area contributed by atoms with Crippen molar-refractivity contribution in [2.45, 2.75) is 26.0 Å². The molecule has 0 saturated heterocycles. The maximum Gasteiger partial charge on any atom is 0.319 e. The van der Waals surface area contributed by atoms with Crippen LogP contribution in [-0.2, 0) is 9.59 Å². The second-order valence-electron chi connectivity index (χ2n) is 5.86. The molecule has 0 spiro atoms. The molecule has 0 aromatic heterocycles. The topological polar surface area (TPSA) is 109 Å². The third-order valence-corrected chi connectivity index (χ3v) is 3.59. The molecule has 0 aliphatic carbocycles. The van der Waals surface area contributed by atoms with Crippen molar-refractivity contribution in [1.82, 2.24) is 16.2 Å². The number of ether oxygens (including phenoxy) is 1. The Balaban J connectivity index is 1.76. The highest BCUT2D eigenvalue weighted by Gasteiger charge is 2.20. The Morgan fingerprint density at radius 3 is 2.18 bits per heavy atom. The van der Waals surface area contributed by atoms with Crippen LogP contribution in [0.2, 0.25) is 0 Å². The molecule has 0 saturated carbocycles. The number of carbonyl (C=O) groups excluding carboxylic acids is 3. The molecule has 0 aliphatic heterocycles. The maximum absolute atomic E-state index is 13.5. The first-order valence-corrected chi connectivity index (χ1v) is 8.50. The van der Waals surface area contributed by atoms with Crippen molar-refractivity contribution in [3.8, 4) is 5.75 Å². The quantitative estimate of drug-likeness (QED) is 0.567. The number of anilines is 1. The van der Waals surface area contributed by atoms with E-state index in [2.05, 4.69) is 21.5 Å². The number of urea groups is 1. The van der Waals surface area contributed by atoms with E-state index in [0.29, 0.717) is 5.69 Å². The third-order valence-electron chi connectivity index (χ3n) is 3.59. The summed E-state index contributed by atoms with van der Waals surface area (Å²) in [5.41, 5.74) is 4.92. The van der Waals surface area contributed by atoms with Crippen LogP contribution in [0.1, 0.15) is 13.8 Å². The number of amides is 4. The molecule has 2 aromatic carbocycles. The highest BCUT2D eigenvalue weighted by atomic mass is 19.1. The van der Waals surface area contributed by atoms with Crippen molar-refractivity contribution in [2.24, 2.45) is 0 Å². The monoisotopic (exact) mass is 388 g/mol. The summed E-state index contributed by atoms with van der Waals surface area (Å²) in [4.78, 5) is 35.8. The smallest absolute Gasteiger partial charge is 0.319 e. The maximum atomic E-state index is 13.5. The van der Waals surface area contributed by atoms with E-state index in [-0.39, 0.29) is 5.75 Å². The average molecular weight is 388 g/mol. The summed E-state index contributed by atoms with van der Waals surface area (Å²) in [5.74, 6) is -2.01. The van der Waals surface area contributed by atoms with E-state index in [4.69, 9.17) is 4.74 Å². The summed E-state index contributed by atoms with van der Waals surface area (Å²) in [6.45, 7) is 2.86. The Bertz CT molecular complexity index is 832. The Labute approximate surface area is 161 Å². The molecule has 0 heterocycles. The fourth-order valence-corrected chi connectivity index (χ4v) is 2.07. The first kappa shape index (κ1) is 20.7. The van der Waals surface area contributed by atoms with Gasteiger partial charge in [-0.1, -0.05) is 30.3 Å². The number of nitrogens with one attached hydrogen (secondary N) is 4. The number of benzene rings is 2. The van der Waals surface area contributed by atoms with Gasteiger partial charge < -0.3 is 15.4 Å². The van der Waals surface area contributed by atoms with Crippen molar-refractivity contribution < 1.29 is 23.5 Å². The van der Waals surface area contributed by atoms with Gasteiger partial charge in [-0.15, -0.1) is 0 Å². The minimum Gasteiger partial charge on any atom is -0.478 e. The molecular weight excluding hydrogens is 367 g/mol. The van der Waals surface area contributed by atoms with Crippen molar-refractivity contribution in [3.63, 3.8) is 0 Å². The lowest BCUT2D eigenvalue weighted by atomic mass is 10.3. The van der Waals surface area contributed by atoms with E-state index in [1.54, 1.807) is 36.4 Å². The molecule has 4 N–H and O–H groups in total. The van der Waals surface area contributed by atoms with Crippen molar-refractivity contribution in [3.05, 3.63) is 60.4 Å². The zero-order chi connectivity index (χ0) is 20.5. The van der Waals surface area contributed by atoms with E-state index < -0.39 is 35.8 Å². The summed E-state index contributed by atoms with van der Waals surface area (Å²) in [5, 5.41) is 5.00. The molecule has 2 atom stereocenters. The number of para-hydroxylation sites is 2. The van der Waals surface area contributed by atoms with Gasteiger partial charge in [-0.05, 0) is 38.1 Å². The number of carbonyl (C=O) groups is 3. The normalized spacial score (nSPS) is 12.2. The first-order chi connectivity index (χ1) is 13.4. The van der Waals surface area contributed by atoms with Gasteiger partial charge in [0.05, 0.1) is 0 Å². The number of rotatable bonds is 6. The van der Waals surface area contributed by atoms with Crippen LogP contribution >= 0.6 is 0 Å². The van der Waals surface area contributed by atoms with E-state index in [0.717, 1.165) is 0 Å². The summed E-state index contributed by atoms with van der Waals surface area (Å²) in [7, 11) is 0. The Morgan fingerprint density at radius 1 is 0.893 bits per heavy atom. The van der Waals surface area contributed by atoms with Crippen LogP contribution in [0.15, 0.2) is 54.6 Å². The number of hydrazine groups is 1. The minimum atomic E-state index is -1.05. The highest BCUT2D eigenvalue weighted by molar-refractivity contribution is 5.94. The summed E-state index contributed by atoms with van der Waals surface area (Å²) < 4.78 is 18.8. The van der Waals surface area contributed by atoms with Gasteiger partial charge in [0.2, 0.25) is 0 Å². The fraction of sp³-hybridized carbons (Fsp3) is 0.211. The number of halogens is 1. The average Bonchev–Trinajstić information content (AvgIpc) is 2.68. The van der Waals surface area contributed by atoms with Gasteiger partial charge >= 0.3 is 6.03 Å². The lowest BCUT2D eigenvalue weighted by molar-refractivity contribution is -0.133. The highest BCUT2D eigenvalue weighted by Crippen LogP contribution is 2.16. The first-order valence-electron chi connectivity index (χ1n) is 8.50. The molecule has 0 bridgehead atoms. The Morgan fingerprint density at radius 2 is 1.50 bits per heavy atom. The largest absolute Gasteiger partial charge is 0.478 e. The standard InChI is InChI=1S/C19H21FN4O4/c1-12(21-19(27)22-14-8-4-3-5-9-14)17(25)23-24-18(26)13(2)28-16-11-7-6-10-15(16)20/h3-13H,1-2H3,(H,23,25)(H,24,26)(H2,21,22,27)/t12-,13-/m1/s1. The zero-order valence-corrected chi connectivity index (χ0v) is 15.4. The lowest BCUT2D eigenvalue weighted by Crippen LogP contribution is -2.53.